The fraction of sp³-hybridized carbons (Fsp3) is 0.333. The van der Waals surface area contributed by atoms with Crippen molar-refractivity contribution < 1.29 is 13.2 Å². The Morgan fingerprint density at radius 1 is 1.16 bits per heavy atom. The van der Waals surface area contributed by atoms with E-state index < -0.39 is 10.0 Å². The first-order valence-electron chi connectivity index (χ1n) is 8.21. The van der Waals surface area contributed by atoms with Gasteiger partial charge in [-0.25, -0.2) is 8.42 Å². The quantitative estimate of drug-likeness (QED) is 0.822. The summed E-state index contributed by atoms with van der Waals surface area (Å²) in [6, 6.07) is 9.75. The third-order valence-electron chi connectivity index (χ3n) is 3.99. The van der Waals surface area contributed by atoms with Gasteiger partial charge < -0.3 is 5.32 Å². The average molecular weight is 361 g/mol. The van der Waals surface area contributed by atoms with E-state index in [9.17, 15) is 13.2 Å². The number of nitrogens with zero attached hydrogens (tertiary/aromatic N) is 2. The van der Waals surface area contributed by atoms with Gasteiger partial charge in [-0.1, -0.05) is 26.0 Å². The molecule has 2 rings (SSSR count). The van der Waals surface area contributed by atoms with Crippen LogP contribution in [0, 0.1) is 0 Å². The fourth-order valence-electron chi connectivity index (χ4n) is 2.50. The second kappa shape index (κ2) is 8.22. The number of hydrogen-bond acceptors (Lipinski definition) is 4. The molecule has 1 heterocycles. The fourth-order valence-corrected chi connectivity index (χ4v) is 3.96. The normalized spacial score (nSPS) is 12.8. The van der Waals surface area contributed by atoms with Crippen molar-refractivity contribution in [3.8, 4) is 0 Å². The van der Waals surface area contributed by atoms with Gasteiger partial charge in [-0.2, -0.15) is 4.31 Å². The van der Waals surface area contributed by atoms with E-state index in [4.69, 9.17) is 0 Å². The Bertz CT molecular complexity index is 801. The molecule has 0 bridgehead atoms. The number of pyridine rings is 1. The molecule has 6 nitrogen and oxygen atoms in total. The van der Waals surface area contributed by atoms with Crippen LogP contribution in [-0.2, 0) is 10.0 Å². The number of rotatable bonds is 7. The molecule has 134 valence electrons. The van der Waals surface area contributed by atoms with E-state index >= 15 is 0 Å². The summed E-state index contributed by atoms with van der Waals surface area (Å²) in [6.45, 7) is 6.33. The zero-order chi connectivity index (χ0) is 18.4. The Kier molecular flexibility index (Phi) is 6.27. The van der Waals surface area contributed by atoms with Gasteiger partial charge in [-0.15, -0.1) is 0 Å². The SMILES string of the molecule is CCN(CC)S(=O)(=O)c1ccc(C(C)NC(=O)c2cccnc2)cc1. The van der Waals surface area contributed by atoms with Crippen LogP contribution in [0.15, 0.2) is 53.7 Å². The van der Waals surface area contributed by atoms with Crippen molar-refractivity contribution in [2.24, 2.45) is 0 Å². The van der Waals surface area contributed by atoms with E-state index in [1.165, 1.54) is 10.5 Å². The molecule has 2 aromatic rings. The van der Waals surface area contributed by atoms with E-state index in [-0.39, 0.29) is 16.8 Å². The van der Waals surface area contributed by atoms with Crippen molar-refractivity contribution in [2.45, 2.75) is 31.7 Å². The summed E-state index contributed by atoms with van der Waals surface area (Å²) < 4.78 is 26.4. The lowest BCUT2D eigenvalue weighted by Crippen LogP contribution is -2.30. The van der Waals surface area contributed by atoms with Gasteiger partial charge >= 0.3 is 0 Å². The highest BCUT2D eigenvalue weighted by Crippen LogP contribution is 2.19. The van der Waals surface area contributed by atoms with Crippen molar-refractivity contribution in [2.75, 3.05) is 13.1 Å². The standard InChI is InChI=1S/C18H23N3O3S/c1-4-21(5-2)25(23,24)17-10-8-15(9-11-17)14(3)20-18(22)16-7-6-12-19-13-16/h6-14H,4-5H2,1-3H3,(H,20,22). The highest BCUT2D eigenvalue weighted by Gasteiger charge is 2.21. The van der Waals surface area contributed by atoms with Crippen molar-refractivity contribution in [3.05, 3.63) is 59.9 Å². The topological polar surface area (TPSA) is 79.4 Å². The zero-order valence-corrected chi connectivity index (χ0v) is 15.5. The Hall–Kier alpha value is -2.25. The number of hydrogen-bond donors (Lipinski definition) is 1. The minimum atomic E-state index is -3.47. The number of nitrogens with one attached hydrogen (secondary N) is 1. The molecule has 1 atom stereocenters. The van der Waals surface area contributed by atoms with Gasteiger partial charge in [-0.05, 0) is 36.8 Å². The molecule has 0 fully saturated rings. The Morgan fingerprint density at radius 3 is 2.32 bits per heavy atom. The van der Waals surface area contributed by atoms with Crippen LogP contribution in [0.2, 0.25) is 0 Å². The van der Waals surface area contributed by atoms with Crippen molar-refractivity contribution >= 4 is 15.9 Å². The van der Waals surface area contributed by atoms with E-state index in [0.29, 0.717) is 18.7 Å². The lowest BCUT2D eigenvalue weighted by atomic mass is 10.1. The van der Waals surface area contributed by atoms with Crippen LogP contribution < -0.4 is 5.32 Å². The summed E-state index contributed by atoms with van der Waals surface area (Å²) in [5, 5.41) is 2.88. The largest absolute Gasteiger partial charge is 0.345 e. The predicted octanol–water partition coefficient (Wildman–Crippen LogP) is 2.60. The molecule has 0 spiro atoms. The second-order valence-electron chi connectivity index (χ2n) is 5.60. The first-order valence-corrected chi connectivity index (χ1v) is 9.65. The van der Waals surface area contributed by atoms with Gasteiger partial charge in [0.05, 0.1) is 16.5 Å². The van der Waals surface area contributed by atoms with Crippen LogP contribution in [0.4, 0.5) is 0 Å². The van der Waals surface area contributed by atoms with Crippen LogP contribution in [0.5, 0.6) is 0 Å². The number of aromatic nitrogens is 1. The first kappa shape index (κ1) is 19.1. The molecule has 0 aliphatic carbocycles. The van der Waals surface area contributed by atoms with Crippen molar-refractivity contribution in [1.29, 1.82) is 0 Å². The van der Waals surface area contributed by atoms with Crippen LogP contribution in [-0.4, -0.2) is 36.7 Å². The molecular weight excluding hydrogens is 338 g/mol. The smallest absolute Gasteiger partial charge is 0.253 e. The van der Waals surface area contributed by atoms with Crippen LogP contribution in [0.25, 0.3) is 0 Å². The molecule has 0 aliphatic heterocycles. The van der Waals surface area contributed by atoms with E-state index in [2.05, 4.69) is 10.3 Å². The molecule has 0 aliphatic rings. The second-order valence-corrected chi connectivity index (χ2v) is 7.53. The molecule has 25 heavy (non-hydrogen) atoms. The first-order chi connectivity index (χ1) is 11.9. The number of carbonyl (C=O) groups excluding carboxylic acids is 1. The highest BCUT2D eigenvalue weighted by molar-refractivity contribution is 7.89. The van der Waals surface area contributed by atoms with E-state index in [0.717, 1.165) is 5.56 Å². The molecule has 1 aromatic heterocycles. The summed E-state index contributed by atoms with van der Waals surface area (Å²) in [7, 11) is -3.47. The number of sulfonamides is 1. The highest BCUT2D eigenvalue weighted by atomic mass is 32.2. The number of benzene rings is 1. The molecule has 1 N–H and O–H groups in total. The maximum atomic E-state index is 12.5. The molecule has 7 heteroatoms. The lowest BCUT2D eigenvalue weighted by molar-refractivity contribution is 0.0939. The summed E-state index contributed by atoms with van der Waals surface area (Å²) in [4.78, 5) is 16.3. The van der Waals surface area contributed by atoms with Crippen LogP contribution >= 0.6 is 0 Å². The maximum Gasteiger partial charge on any atom is 0.253 e. The average Bonchev–Trinajstić information content (AvgIpc) is 2.63. The van der Waals surface area contributed by atoms with Crippen molar-refractivity contribution in [3.63, 3.8) is 0 Å². The number of amides is 1. The molecular formula is C18H23N3O3S. The molecule has 0 radical (unpaired) electrons. The van der Waals surface area contributed by atoms with Gasteiger partial charge in [0.15, 0.2) is 0 Å². The third kappa shape index (κ3) is 4.43. The zero-order valence-electron chi connectivity index (χ0n) is 14.6. The van der Waals surface area contributed by atoms with Crippen LogP contribution in [0.1, 0.15) is 42.7 Å². The van der Waals surface area contributed by atoms with Gasteiger partial charge in [0.1, 0.15) is 0 Å². The third-order valence-corrected chi connectivity index (χ3v) is 6.06. The summed E-state index contributed by atoms with van der Waals surface area (Å²) in [5.74, 6) is -0.222. The van der Waals surface area contributed by atoms with Gasteiger partial charge in [0.25, 0.3) is 5.91 Å². The lowest BCUT2D eigenvalue weighted by Gasteiger charge is -2.19. The van der Waals surface area contributed by atoms with E-state index in [1.807, 2.05) is 20.8 Å². The number of carbonyl (C=O) groups is 1. The van der Waals surface area contributed by atoms with Gasteiger partial charge in [0, 0.05) is 25.5 Å². The van der Waals surface area contributed by atoms with Gasteiger partial charge in [-0.3, -0.25) is 9.78 Å². The monoisotopic (exact) mass is 361 g/mol. The Balaban J connectivity index is 2.13. The molecule has 1 amide bonds. The molecule has 0 saturated carbocycles. The predicted molar refractivity (Wildman–Crippen MR) is 96.7 cm³/mol. The maximum absolute atomic E-state index is 12.5. The Morgan fingerprint density at radius 2 is 1.80 bits per heavy atom. The minimum absolute atomic E-state index is 0.222. The summed E-state index contributed by atoms with van der Waals surface area (Å²) in [5.41, 5.74) is 1.31. The van der Waals surface area contributed by atoms with Crippen molar-refractivity contribution in [1.82, 2.24) is 14.6 Å². The van der Waals surface area contributed by atoms with Crippen LogP contribution in [0.3, 0.4) is 0 Å². The summed E-state index contributed by atoms with van der Waals surface area (Å²) >= 11 is 0. The summed E-state index contributed by atoms with van der Waals surface area (Å²) in [6.07, 6.45) is 3.11. The van der Waals surface area contributed by atoms with E-state index in [1.54, 1.807) is 42.6 Å². The molecule has 1 unspecified atom stereocenters. The Labute approximate surface area is 148 Å². The van der Waals surface area contributed by atoms with Gasteiger partial charge in [0.2, 0.25) is 10.0 Å². The minimum Gasteiger partial charge on any atom is -0.345 e. The molecule has 1 aromatic carbocycles. The molecule has 0 saturated heterocycles.